The summed E-state index contributed by atoms with van der Waals surface area (Å²) in [6.45, 7) is 4.62. The van der Waals surface area contributed by atoms with E-state index in [0.29, 0.717) is 31.0 Å². The molecule has 0 bridgehead atoms. The number of aromatic nitrogens is 2. The van der Waals surface area contributed by atoms with Crippen LogP contribution < -0.4 is 21.9 Å². The van der Waals surface area contributed by atoms with Gasteiger partial charge in [-0.2, -0.15) is 0 Å². The monoisotopic (exact) mass is 424 g/mol. The maximum Gasteiger partial charge on any atom is 0.330 e. The summed E-state index contributed by atoms with van der Waals surface area (Å²) in [5.41, 5.74) is 4.97. The number of nitrogens with zero attached hydrogens (tertiary/aromatic N) is 2. The van der Waals surface area contributed by atoms with Crippen LogP contribution in [0.15, 0.2) is 38.8 Å². The molecule has 0 saturated heterocycles. The number of nitrogens with one attached hydrogen (secondary N) is 1. The molecule has 0 aliphatic carbocycles. The fourth-order valence-electron chi connectivity index (χ4n) is 2.72. The van der Waals surface area contributed by atoms with Crippen molar-refractivity contribution in [3.8, 4) is 0 Å². The molecule has 152 valence electrons. The van der Waals surface area contributed by atoms with E-state index in [4.69, 9.17) is 17.3 Å². The lowest BCUT2D eigenvalue weighted by molar-refractivity contribution is -0.116. The molecule has 28 heavy (non-hydrogen) atoms. The molecule has 2 rings (SSSR count). The molecular formula is C19H25ClN4O3S. The number of thioether (sulfide) groups is 1. The summed E-state index contributed by atoms with van der Waals surface area (Å²) in [7, 11) is 0. The third-order valence-electron chi connectivity index (χ3n) is 4.14. The Morgan fingerprint density at radius 2 is 1.89 bits per heavy atom. The number of unbranched alkanes of at least 4 members (excludes halogenated alkanes) is 1. The first-order chi connectivity index (χ1) is 13.4. The molecule has 0 unspecified atom stereocenters. The standard InChI is InChI=1S/C19H25ClN4O3S/c1-3-5-11-23(15(25)12-28-14-8-6-13(20)7-9-14)16-17(21)24(10-4-2)19(27)22-18(16)26/h6-9H,3-5,10-12,21H2,1-2H3,(H,22,26,27). The maximum absolute atomic E-state index is 12.9. The number of hydrogen-bond acceptors (Lipinski definition) is 5. The van der Waals surface area contributed by atoms with E-state index in [2.05, 4.69) is 4.98 Å². The van der Waals surface area contributed by atoms with Gasteiger partial charge in [0.25, 0.3) is 5.56 Å². The summed E-state index contributed by atoms with van der Waals surface area (Å²) in [4.78, 5) is 42.0. The predicted octanol–water partition coefficient (Wildman–Crippen LogP) is 3.11. The number of anilines is 2. The van der Waals surface area contributed by atoms with Crippen LogP contribution in [0.5, 0.6) is 0 Å². The van der Waals surface area contributed by atoms with Crippen LogP contribution in [-0.2, 0) is 11.3 Å². The molecule has 3 N–H and O–H groups in total. The van der Waals surface area contributed by atoms with E-state index in [1.165, 1.54) is 21.2 Å². The lowest BCUT2D eigenvalue weighted by atomic mass is 10.2. The number of benzene rings is 1. The third-order valence-corrected chi connectivity index (χ3v) is 5.39. The van der Waals surface area contributed by atoms with Crippen molar-refractivity contribution in [1.82, 2.24) is 9.55 Å². The van der Waals surface area contributed by atoms with Crippen LogP contribution in [0.3, 0.4) is 0 Å². The van der Waals surface area contributed by atoms with Crippen molar-refractivity contribution in [3.05, 3.63) is 50.1 Å². The van der Waals surface area contributed by atoms with Crippen molar-refractivity contribution in [2.45, 2.75) is 44.6 Å². The van der Waals surface area contributed by atoms with Crippen LogP contribution in [0.1, 0.15) is 33.1 Å². The van der Waals surface area contributed by atoms with E-state index in [9.17, 15) is 14.4 Å². The van der Waals surface area contributed by atoms with E-state index >= 15 is 0 Å². The number of rotatable bonds is 9. The molecule has 1 aromatic carbocycles. The van der Waals surface area contributed by atoms with Gasteiger partial charge in [-0.1, -0.05) is 31.9 Å². The minimum atomic E-state index is -0.643. The van der Waals surface area contributed by atoms with E-state index in [0.717, 1.165) is 11.3 Å². The average Bonchev–Trinajstić information content (AvgIpc) is 2.66. The fraction of sp³-hybridized carbons (Fsp3) is 0.421. The van der Waals surface area contributed by atoms with Gasteiger partial charge in [0.15, 0.2) is 5.69 Å². The number of amides is 1. The molecule has 1 heterocycles. The summed E-state index contributed by atoms with van der Waals surface area (Å²) >= 11 is 7.24. The molecule has 7 nitrogen and oxygen atoms in total. The summed E-state index contributed by atoms with van der Waals surface area (Å²) < 4.78 is 1.30. The van der Waals surface area contributed by atoms with Gasteiger partial charge >= 0.3 is 5.69 Å². The highest BCUT2D eigenvalue weighted by molar-refractivity contribution is 8.00. The number of carbonyl (C=O) groups excluding carboxylic acids is 1. The number of hydrogen-bond donors (Lipinski definition) is 2. The molecule has 0 spiro atoms. The molecule has 0 saturated carbocycles. The first kappa shape index (κ1) is 22.1. The zero-order valence-corrected chi connectivity index (χ0v) is 17.6. The van der Waals surface area contributed by atoms with Gasteiger partial charge in [-0.25, -0.2) is 4.79 Å². The first-order valence-corrected chi connectivity index (χ1v) is 10.6. The van der Waals surface area contributed by atoms with Gasteiger partial charge in [-0.15, -0.1) is 11.8 Å². The minimum Gasteiger partial charge on any atom is -0.383 e. The molecule has 1 amide bonds. The Kier molecular flexibility index (Phi) is 8.19. The number of halogens is 1. The van der Waals surface area contributed by atoms with E-state index < -0.39 is 11.2 Å². The number of H-pyrrole nitrogens is 1. The van der Waals surface area contributed by atoms with Crippen molar-refractivity contribution < 1.29 is 4.79 Å². The quantitative estimate of drug-likeness (QED) is 0.602. The van der Waals surface area contributed by atoms with Crippen LogP contribution in [0, 0.1) is 0 Å². The number of nitrogen functional groups attached to an aromatic ring is 1. The highest BCUT2D eigenvalue weighted by Gasteiger charge is 2.23. The third kappa shape index (κ3) is 5.42. The molecule has 2 aromatic rings. The normalized spacial score (nSPS) is 10.8. The van der Waals surface area contributed by atoms with Gasteiger partial charge in [0.1, 0.15) is 5.82 Å². The Bertz CT molecular complexity index is 924. The van der Waals surface area contributed by atoms with Crippen molar-refractivity contribution in [2.75, 3.05) is 22.9 Å². The van der Waals surface area contributed by atoms with Gasteiger partial charge in [0, 0.05) is 23.0 Å². The highest BCUT2D eigenvalue weighted by Crippen LogP contribution is 2.23. The van der Waals surface area contributed by atoms with Crippen LogP contribution >= 0.6 is 23.4 Å². The zero-order valence-electron chi connectivity index (χ0n) is 16.0. The Balaban J connectivity index is 2.33. The van der Waals surface area contributed by atoms with Gasteiger partial charge in [-0.3, -0.25) is 19.1 Å². The van der Waals surface area contributed by atoms with E-state index in [1.54, 1.807) is 12.1 Å². The number of carbonyl (C=O) groups is 1. The van der Waals surface area contributed by atoms with Crippen molar-refractivity contribution in [3.63, 3.8) is 0 Å². The molecule has 0 radical (unpaired) electrons. The molecule has 0 atom stereocenters. The van der Waals surface area contributed by atoms with Crippen LogP contribution in [0.4, 0.5) is 11.5 Å². The van der Waals surface area contributed by atoms with Gasteiger partial charge in [0.05, 0.1) is 5.75 Å². The second-order valence-corrected chi connectivity index (χ2v) is 7.77. The van der Waals surface area contributed by atoms with Crippen molar-refractivity contribution >= 4 is 40.8 Å². The minimum absolute atomic E-state index is 0.0246. The second kappa shape index (κ2) is 10.4. The summed E-state index contributed by atoms with van der Waals surface area (Å²) in [5.74, 6) is -0.0826. The van der Waals surface area contributed by atoms with Crippen LogP contribution in [0.2, 0.25) is 5.02 Å². The lowest BCUT2D eigenvalue weighted by Crippen LogP contribution is -2.42. The van der Waals surface area contributed by atoms with Crippen LogP contribution in [0.25, 0.3) is 0 Å². The highest BCUT2D eigenvalue weighted by atomic mass is 35.5. The summed E-state index contributed by atoms with van der Waals surface area (Å²) in [6, 6.07) is 7.18. The molecular weight excluding hydrogens is 400 g/mol. The Morgan fingerprint density at radius 1 is 1.21 bits per heavy atom. The largest absolute Gasteiger partial charge is 0.383 e. The molecule has 0 aliphatic heterocycles. The Labute approximate surface area is 172 Å². The molecule has 1 aromatic heterocycles. The molecule has 9 heteroatoms. The zero-order chi connectivity index (χ0) is 20.7. The lowest BCUT2D eigenvalue weighted by Gasteiger charge is -2.24. The van der Waals surface area contributed by atoms with E-state index in [1.807, 2.05) is 26.0 Å². The predicted molar refractivity (Wildman–Crippen MR) is 115 cm³/mol. The van der Waals surface area contributed by atoms with E-state index in [-0.39, 0.29) is 23.2 Å². The Morgan fingerprint density at radius 3 is 2.50 bits per heavy atom. The SMILES string of the molecule is CCCCN(C(=O)CSc1ccc(Cl)cc1)c1c(N)n(CCC)c(=O)[nH]c1=O. The van der Waals surface area contributed by atoms with Gasteiger partial charge in [0.2, 0.25) is 5.91 Å². The summed E-state index contributed by atoms with van der Waals surface area (Å²) in [5, 5.41) is 0.623. The first-order valence-electron chi connectivity index (χ1n) is 9.20. The molecule has 0 aliphatic rings. The topological polar surface area (TPSA) is 101 Å². The van der Waals surface area contributed by atoms with Gasteiger partial charge < -0.3 is 10.6 Å². The Hall–Kier alpha value is -2.19. The molecule has 0 fully saturated rings. The maximum atomic E-state index is 12.9. The van der Waals surface area contributed by atoms with Crippen molar-refractivity contribution in [2.24, 2.45) is 0 Å². The summed E-state index contributed by atoms with van der Waals surface area (Å²) in [6.07, 6.45) is 2.23. The average molecular weight is 425 g/mol. The second-order valence-electron chi connectivity index (χ2n) is 6.29. The van der Waals surface area contributed by atoms with Crippen molar-refractivity contribution in [1.29, 1.82) is 0 Å². The fourth-order valence-corrected chi connectivity index (χ4v) is 3.62. The smallest absolute Gasteiger partial charge is 0.330 e. The number of aromatic amines is 1. The number of nitrogens with two attached hydrogens (primary N) is 1. The van der Waals surface area contributed by atoms with Crippen LogP contribution in [-0.4, -0.2) is 27.8 Å². The van der Waals surface area contributed by atoms with Gasteiger partial charge in [-0.05, 0) is 37.1 Å².